The van der Waals surface area contributed by atoms with Gasteiger partial charge in [0.1, 0.15) is 5.38 Å². The number of halogens is 1. The van der Waals surface area contributed by atoms with Gasteiger partial charge in [-0.3, -0.25) is 0 Å². The Balaban J connectivity index is 1.93. The van der Waals surface area contributed by atoms with Crippen molar-refractivity contribution in [3.05, 3.63) is 47.7 Å². The molecular formula is C14H17ClN2O2. The molecule has 5 heteroatoms. The first-order chi connectivity index (χ1) is 9.31. The third-order valence-corrected chi connectivity index (χ3v) is 3.11. The molecule has 4 nitrogen and oxygen atoms in total. The first kappa shape index (κ1) is 14.0. The number of alkyl halides is 1. The number of benzene rings is 1. The van der Waals surface area contributed by atoms with Crippen LogP contribution < -0.4 is 0 Å². The molecule has 0 aliphatic carbocycles. The molecule has 0 spiro atoms. The van der Waals surface area contributed by atoms with Crippen molar-refractivity contribution < 1.29 is 9.15 Å². The molecule has 2 aromatic rings. The van der Waals surface area contributed by atoms with Gasteiger partial charge in [0.05, 0.1) is 0 Å². The highest BCUT2D eigenvalue weighted by Crippen LogP contribution is 2.27. The first-order valence-electron chi connectivity index (χ1n) is 6.40. The second-order valence-corrected chi connectivity index (χ2v) is 4.54. The summed E-state index contributed by atoms with van der Waals surface area (Å²) >= 11 is 6.31. The Hall–Kier alpha value is -1.39. The van der Waals surface area contributed by atoms with E-state index in [9.17, 15) is 0 Å². The fourth-order valence-corrected chi connectivity index (χ4v) is 1.94. The third kappa shape index (κ3) is 4.04. The number of hydrogen-bond acceptors (Lipinski definition) is 4. The lowest BCUT2D eigenvalue weighted by molar-refractivity contribution is 0.143. The maximum atomic E-state index is 6.31. The fraction of sp³-hybridized carbons (Fsp3) is 0.429. The van der Waals surface area contributed by atoms with E-state index in [4.69, 9.17) is 20.8 Å². The SMILES string of the molecule is CCOCCCc1nnc(C(Cl)c2ccccc2)o1. The third-order valence-electron chi connectivity index (χ3n) is 2.67. The van der Waals surface area contributed by atoms with Crippen molar-refractivity contribution in [2.45, 2.75) is 25.1 Å². The molecule has 0 fully saturated rings. The summed E-state index contributed by atoms with van der Waals surface area (Å²) in [6.07, 6.45) is 1.58. The predicted molar refractivity (Wildman–Crippen MR) is 73.3 cm³/mol. The predicted octanol–water partition coefficient (Wildman–Crippen LogP) is 3.37. The van der Waals surface area contributed by atoms with Gasteiger partial charge in [0.15, 0.2) is 0 Å². The van der Waals surface area contributed by atoms with E-state index in [1.54, 1.807) is 0 Å². The van der Waals surface area contributed by atoms with Gasteiger partial charge in [-0.05, 0) is 18.9 Å². The summed E-state index contributed by atoms with van der Waals surface area (Å²) in [5.41, 5.74) is 0.952. The number of ether oxygens (including phenoxy) is 1. The second-order valence-electron chi connectivity index (χ2n) is 4.11. The van der Waals surface area contributed by atoms with E-state index in [0.29, 0.717) is 24.8 Å². The zero-order valence-corrected chi connectivity index (χ0v) is 11.6. The van der Waals surface area contributed by atoms with E-state index in [2.05, 4.69) is 10.2 Å². The lowest BCUT2D eigenvalue weighted by atomic mass is 10.1. The summed E-state index contributed by atoms with van der Waals surface area (Å²) in [4.78, 5) is 0. The molecule has 1 aromatic carbocycles. The number of aryl methyl sites for hydroxylation is 1. The van der Waals surface area contributed by atoms with E-state index in [0.717, 1.165) is 18.6 Å². The molecule has 2 rings (SSSR count). The standard InChI is InChI=1S/C14H17ClN2O2/c1-2-18-10-6-9-12-16-17-14(19-12)13(15)11-7-4-3-5-8-11/h3-5,7-8,13H,2,6,9-10H2,1H3. The molecule has 1 aromatic heterocycles. The number of rotatable bonds is 7. The van der Waals surface area contributed by atoms with E-state index < -0.39 is 5.38 Å². The van der Waals surface area contributed by atoms with Crippen LogP contribution in [0, 0.1) is 0 Å². The van der Waals surface area contributed by atoms with Gasteiger partial charge in [0.2, 0.25) is 11.8 Å². The molecule has 0 saturated carbocycles. The molecule has 0 aliphatic rings. The molecule has 0 radical (unpaired) electrons. The fourth-order valence-electron chi connectivity index (χ4n) is 1.70. The lowest BCUT2D eigenvalue weighted by Crippen LogP contribution is -1.96. The first-order valence-corrected chi connectivity index (χ1v) is 6.84. The van der Waals surface area contributed by atoms with Crippen LogP contribution >= 0.6 is 11.6 Å². The van der Waals surface area contributed by atoms with Gasteiger partial charge in [-0.1, -0.05) is 30.3 Å². The largest absolute Gasteiger partial charge is 0.423 e. The summed E-state index contributed by atoms with van der Waals surface area (Å²) in [6, 6.07) is 9.70. The van der Waals surface area contributed by atoms with Gasteiger partial charge in [-0.15, -0.1) is 21.8 Å². The van der Waals surface area contributed by atoms with Crippen LogP contribution in [0.4, 0.5) is 0 Å². The zero-order valence-electron chi connectivity index (χ0n) is 10.9. The Bertz CT molecular complexity index is 487. The van der Waals surface area contributed by atoms with Crippen LogP contribution in [0.1, 0.15) is 36.1 Å². The van der Waals surface area contributed by atoms with Crippen molar-refractivity contribution in [3.63, 3.8) is 0 Å². The van der Waals surface area contributed by atoms with E-state index in [1.807, 2.05) is 37.3 Å². The van der Waals surface area contributed by atoms with Crippen LogP contribution in [0.15, 0.2) is 34.7 Å². The van der Waals surface area contributed by atoms with Crippen molar-refractivity contribution in [2.75, 3.05) is 13.2 Å². The lowest BCUT2D eigenvalue weighted by Gasteiger charge is -2.03. The molecule has 1 unspecified atom stereocenters. The van der Waals surface area contributed by atoms with Crippen molar-refractivity contribution in [2.24, 2.45) is 0 Å². The van der Waals surface area contributed by atoms with Gasteiger partial charge >= 0.3 is 0 Å². The average Bonchev–Trinajstić information content (AvgIpc) is 2.92. The Morgan fingerprint density at radius 1 is 1.26 bits per heavy atom. The molecule has 0 amide bonds. The quantitative estimate of drug-likeness (QED) is 0.576. The minimum absolute atomic E-state index is 0.394. The molecule has 0 N–H and O–H groups in total. The van der Waals surface area contributed by atoms with Crippen LogP contribution in [0.3, 0.4) is 0 Å². The molecule has 0 aliphatic heterocycles. The highest BCUT2D eigenvalue weighted by atomic mass is 35.5. The summed E-state index contributed by atoms with van der Waals surface area (Å²) in [6.45, 7) is 3.41. The van der Waals surface area contributed by atoms with E-state index in [-0.39, 0.29) is 0 Å². The minimum atomic E-state index is -0.394. The Morgan fingerprint density at radius 2 is 2.05 bits per heavy atom. The molecule has 19 heavy (non-hydrogen) atoms. The van der Waals surface area contributed by atoms with Crippen LogP contribution in [0.25, 0.3) is 0 Å². The summed E-state index contributed by atoms with van der Waals surface area (Å²) < 4.78 is 10.8. The van der Waals surface area contributed by atoms with Gasteiger partial charge < -0.3 is 9.15 Å². The van der Waals surface area contributed by atoms with Gasteiger partial charge in [-0.2, -0.15) is 0 Å². The smallest absolute Gasteiger partial charge is 0.238 e. The number of nitrogens with zero attached hydrogens (tertiary/aromatic N) is 2. The summed E-state index contributed by atoms with van der Waals surface area (Å²) in [7, 11) is 0. The highest BCUT2D eigenvalue weighted by molar-refractivity contribution is 6.22. The van der Waals surface area contributed by atoms with Crippen molar-refractivity contribution in [1.29, 1.82) is 0 Å². The van der Waals surface area contributed by atoms with Crippen molar-refractivity contribution in [3.8, 4) is 0 Å². The molecule has 1 atom stereocenters. The van der Waals surface area contributed by atoms with Crippen molar-refractivity contribution >= 4 is 11.6 Å². The van der Waals surface area contributed by atoms with Crippen LogP contribution in [0.5, 0.6) is 0 Å². The Morgan fingerprint density at radius 3 is 2.79 bits per heavy atom. The second kappa shape index (κ2) is 7.26. The highest BCUT2D eigenvalue weighted by Gasteiger charge is 2.17. The van der Waals surface area contributed by atoms with Crippen LogP contribution in [-0.2, 0) is 11.2 Å². The Kier molecular flexibility index (Phi) is 5.36. The monoisotopic (exact) mass is 280 g/mol. The topological polar surface area (TPSA) is 48.2 Å². The van der Waals surface area contributed by atoms with Crippen LogP contribution in [0.2, 0.25) is 0 Å². The molecule has 1 heterocycles. The Labute approximate surface area is 117 Å². The normalized spacial score (nSPS) is 12.5. The summed E-state index contributed by atoms with van der Waals surface area (Å²) in [5.74, 6) is 1.05. The van der Waals surface area contributed by atoms with E-state index in [1.165, 1.54) is 0 Å². The maximum Gasteiger partial charge on any atom is 0.238 e. The number of aromatic nitrogens is 2. The zero-order chi connectivity index (χ0) is 13.5. The molecule has 102 valence electrons. The van der Waals surface area contributed by atoms with Gasteiger partial charge in [0, 0.05) is 19.6 Å². The molecule has 0 saturated heterocycles. The van der Waals surface area contributed by atoms with Crippen molar-refractivity contribution in [1.82, 2.24) is 10.2 Å². The molecule has 0 bridgehead atoms. The minimum Gasteiger partial charge on any atom is -0.423 e. The summed E-state index contributed by atoms with van der Waals surface area (Å²) in [5, 5.41) is 7.61. The maximum absolute atomic E-state index is 6.31. The van der Waals surface area contributed by atoms with Crippen LogP contribution in [-0.4, -0.2) is 23.4 Å². The average molecular weight is 281 g/mol. The molecular weight excluding hydrogens is 264 g/mol. The van der Waals surface area contributed by atoms with Gasteiger partial charge in [0.25, 0.3) is 0 Å². The number of hydrogen-bond donors (Lipinski definition) is 0. The van der Waals surface area contributed by atoms with Gasteiger partial charge in [-0.25, -0.2) is 0 Å². The van der Waals surface area contributed by atoms with E-state index >= 15 is 0 Å².